The van der Waals surface area contributed by atoms with Crippen LogP contribution in [0.15, 0.2) is 42.5 Å². The maximum Gasteiger partial charge on any atom is 0.321 e. The SMILES string of the molecule is Cc1cccc(CN(C(=O)CC(C)(C)C)[C@H]2C[C@@H](C(=O)O)N(Cc3ccc4c(c3)OCO4)C2)c1. The van der Waals surface area contributed by atoms with Gasteiger partial charge >= 0.3 is 5.97 Å². The number of amides is 1. The fraction of sp³-hybridized carbons (Fsp3) is 0.481. The molecule has 2 atom stereocenters. The first-order chi connectivity index (χ1) is 16.1. The predicted octanol–water partition coefficient (Wildman–Crippen LogP) is 4.22. The molecular formula is C27H34N2O5. The number of carboxylic acids is 1. The van der Waals surface area contributed by atoms with Crippen molar-refractivity contribution in [2.24, 2.45) is 5.41 Å². The van der Waals surface area contributed by atoms with Crippen molar-refractivity contribution in [3.05, 3.63) is 59.2 Å². The minimum absolute atomic E-state index is 0.0630. The van der Waals surface area contributed by atoms with Crippen molar-refractivity contribution in [2.45, 2.75) is 65.7 Å². The van der Waals surface area contributed by atoms with E-state index in [9.17, 15) is 14.7 Å². The summed E-state index contributed by atoms with van der Waals surface area (Å²) in [6.07, 6.45) is 0.816. The normalized spacial score (nSPS) is 19.9. The van der Waals surface area contributed by atoms with E-state index in [0.717, 1.165) is 16.7 Å². The monoisotopic (exact) mass is 466 g/mol. The molecule has 2 aromatic carbocycles. The van der Waals surface area contributed by atoms with Crippen molar-refractivity contribution in [1.29, 1.82) is 0 Å². The number of ether oxygens (including phenoxy) is 2. The lowest BCUT2D eigenvalue weighted by atomic mass is 9.91. The molecule has 0 bridgehead atoms. The Hall–Kier alpha value is -3.06. The smallest absolute Gasteiger partial charge is 0.321 e. The zero-order valence-electron chi connectivity index (χ0n) is 20.4. The second-order valence-corrected chi connectivity index (χ2v) is 10.6. The molecular weight excluding hydrogens is 432 g/mol. The number of carbonyl (C=O) groups excluding carboxylic acids is 1. The van der Waals surface area contributed by atoms with Gasteiger partial charge in [-0.15, -0.1) is 0 Å². The highest BCUT2D eigenvalue weighted by Crippen LogP contribution is 2.34. The van der Waals surface area contributed by atoms with Gasteiger partial charge < -0.3 is 19.5 Å². The summed E-state index contributed by atoms with van der Waals surface area (Å²) in [5.74, 6) is 0.589. The molecule has 1 amide bonds. The molecule has 4 rings (SSSR count). The van der Waals surface area contributed by atoms with E-state index in [1.165, 1.54) is 0 Å². The third-order valence-electron chi connectivity index (χ3n) is 6.37. The van der Waals surface area contributed by atoms with Gasteiger partial charge in [0, 0.05) is 32.1 Å². The molecule has 2 aliphatic rings. The number of fused-ring (bicyclic) bond motifs is 1. The number of carboxylic acid groups (broad SMARTS) is 1. The summed E-state index contributed by atoms with van der Waals surface area (Å²) in [5.41, 5.74) is 3.00. The maximum absolute atomic E-state index is 13.4. The number of carbonyl (C=O) groups is 2. The van der Waals surface area contributed by atoms with Crippen molar-refractivity contribution >= 4 is 11.9 Å². The second-order valence-electron chi connectivity index (χ2n) is 10.6. The minimum atomic E-state index is -0.859. The summed E-state index contributed by atoms with van der Waals surface area (Å²) >= 11 is 0. The van der Waals surface area contributed by atoms with E-state index < -0.39 is 12.0 Å². The molecule has 0 saturated carbocycles. The van der Waals surface area contributed by atoms with Crippen LogP contribution < -0.4 is 9.47 Å². The van der Waals surface area contributed by atoms with Gasteiger partial charge in [-0.3, -0.25) is 14.5 Å². The van der Waals surface area contributed by atoms with E-state index >= 15 is 0 Å². The molecule has 2 aromatic rings. The quantitative estimate of drug-likeness (QED) is 0.658. The molecule has 7 heteroatoms. The van der Waals surface area contributed by atoms with Gasteiger partial charge in [0.05, 0.1) is 0 Å². The van der Waals surface area contributed by atoms with Crippen molar-refractivity contribution in [1.82, 2.24) is 9.80 Å². The third kappa shape index (κ3) is 5.70. The molecule has 1 saturated heterocycles. The summed E-state index contributed by atoms with van der Waals surface area (Å²) in [5, 5.41) is 9.98. The van der Waals surface area contributed by atoms with Crippen molar-refractivity contribution in [3.63, 3.8) is 0 Å². The molecule has 7 nitrogen and oxygen atoms in total. The molecule has 182 valence electrons. The molecule has 2 aliphatic heterocycles. The predicted molar refractivity (Wildman–Crippen MR) is 129 cm³/mol. The third-order valence-corrected chi connectivity index (χ3v) is 6.37. The van der Waals surface area contributed by atoms with E-state index in [-0.39, 0.29) is 24.2 Å². The number of hydrogen-bond donors (Lipinski definition) is 1. The Bertz CT molecular complexity index is 1060. The van der Waals surface area contributed by atoms with Gasteiger partial charge in [-0.25, -0.2) is 0 Å². The van der Waals surface area contributed by atoms with Gasteiger partial charge in [-0.05, 0) is 42.0 Å². The lowest BCUT2D eigenvalue weighted by Crippen LogP contribution is -2.42. The number of hydrogen-bond acceptors (Lipinski definition) is 5. The summed E-state index contributed by atoms with van der Waals surface area (Å²) in [6.45, 7) is 9.84. The van der Waals surface area contributed by atoms with Crippen LogP contribution in [0.5, 0.6) is 11.5 Å². The Labute approximate surface area is 201 Å². The Morgan fingerprint density at radius 1 is 1.09 bits per heavy atom. The van der Waals surface area contributed by atoms with Gasteiger partial charge in [0.1, 0.15) is 6.04 Å². The van der Waals surface area contributed by atoms with Gasteiger partial charge in [-0.2, -0.15) is 0 Å². The first kappa shape index (κ1) is 24.1. The van der Waals surface area contributed by atoms with Crippen LogP contribution in [0.25, 0.3) is 0 Å². The molecule has 0 aromatic heterocycles. The first-order valence-corrected chi connectivity index (χ1v) is 11.8. The Morgan fingerprint density at radius 3 is 2.56 bits per heavy atom. The largest absolute Gasteiger partial charge is 0.480 e. The van der Waals surface area contributed by atoms with Crippen LogP contribution in [0.3, 0.4) is 0 Å². The molecule has 0 unspecified atom stereocenters. The van der Waals surface area contributed by atoms with Crippen LogP contribution in [0.2, 0.25) is 0 Å². The Morgan fingerprint density at radius 2 is 1.85 bits per heavy atom. The fourth-order valence-corrected chi connectivity index (χ4v) is 4.79. The molecule has 0 spiro atoms. The fourth-order valence-electron chi connectivity index (χ4n) is 4.79. The average Bonchev–Trinajstić information content (AvgIpc) is 3.37. The zero-order chi connectivity index (χ0) is 24.5. The van der Waals surface area contributed by atoms with Crippen LogP contribution in [-0.2, 0) is 22.7 Å². The minimum Gasteiger partial charge on any atom is -0.480 e. The van der Waals surface area contributed by atoms with E-state index in [4.69, 9.17) is 9.47 Å². The molecule has 34 heavy (non-hydrogen) atoms. The summed E-state index contributed by atoms with van der Waals surface area (Å²) in [6, 6.07) is 13.0. The van der Waals surface area contributed by atoms with Gasteiger partial charge in [-0.1, -0.05) is 56.7 Å². The van der Waals surface area contributed by atoms with Gasteiger partial charge in [0.25, 0.3) is 0 Å². The molecule has 2 heterocycles. The van der Waals surface area contributed by atoms with E-state index in [2.05, 4.69) is 26.8 Å². The first-order valence-electron chi connectivity index (χ1n) is 11.8. The second kappa shape index (κ2) is 9.66. The number of aryl methyl sites for hydroxylation is 1. The number of benzene rings is 2. The number of aliphatic carboxylic acids is 1. The highest BCUT2D eigenvalue weighted by atomic mass is 16.7. The zero-order valence-corrected chi connectivity index (χ0v) is 20.4. The van der Waals surface area contributed by atoms with Crippen molar-refractivity contribution in [2.75, 3.05) is 13.3 Å². The van der Waals surface area contributed by atoms with Crippen molar-refractivity contribution < 1.29 is 24.2 Å². The highest BCUT2D eigenvalue weighted by Gasteiger charge is 2.41. The molecule has 0 radical (unpaired) electrons. The van der Waals surface area contributed by atoms with E-state index in [1.54, 1.807) is 0 Å². The number of nitrogens with zero attached hydrogens (tertiary/aromatic N) is 2. The van der Waals surface area contributed by atoms with Gasteiger partial charge in [0.2, 0.25) is 12.7 Å². The van der Waals surface area contributed by atoms with Gasteiger partial charge in [0.15, 0.2) is 11.5 Å². The van der Waals surface area contributed by atoms with E-state index in [1.807, 2.05) is 53.1 Å². The van der Waals surface area contributed by atoms with E-state index in [0.29, 0.717) is 44.0 Å². The average molecular weight is 467 g/mol. The molecule has 1 N–H and O–H groups in total. The molecule has 1 fully saturated rings. The van der Waals surface area contributed by atoms with Crippen LogP contribution >= 0.6 is 0 Å². The standard InChI is InChI=1S/C27H34N2O5/c1-18-6-5-7-19(10-18)15-29(25(30)13-27(2,3)4)21-12-22(26(31)32)28(16-21)14-20-8-9-23-24(11-20)34-17-33-23/h5-11,21-22H,12-17H2,1-4H3,(H,31,32)/t21-,22-/m0/s1. The summed E-state index contributed by atoms with van der Waals surface area (Å²) in [7, 11) is 0. The lowest BCUT2D eigenvalue weighted by Gasteiger charge is -2.32. The van der Waals surface area contributed by atoms with Crippen LogP contribution in [0.4, 0.5) is 0 Å². The van der Waals surface area contributed by atoms with Crippen LogP contribution in [-0.4, -0.2) is 52.2 Å². The Kier molecular flexibility index (Phi) is 6.84. The van der Waals surface area contributed by atoms with Crippen molar-refractivity contribution in [3.8, 4) is 11.5 Å². The lowest BCUT2D eigenvalue weighted by molar-refractivity contribution is -0.142. The van der Waals surface area contributed by atoms with Crippen LogP contribution in [0, 0.1) is 12.3 Å². The molecule has 0 aliphatic carbocycles. The summed E-state index contributed by atoms with van der Waals surface area (Å²) in [4.78, 5) is 29.5. The number of likely N-dealkylation sites (tertiary alicyclic amines) is 1. The highest BCUT2D eigenvalue weighted by molar-refractivity contribution is 5.78. The summed E-state index contributed by atoms with van der Waals surface area (Å²) < 4.78 is 10.9. The Balaban J connectivity index is 1.56. The van der Waals surface area contributed by atoms with Crippen LogP contribution in [0.1, 0.15) is 50.3 Å². The number of rotatable bonds is 7. The maximum atomic E-state index is 13.4. The topological polar surface area (TPSA) is 79.3 Å².